The SMILES string of the molecule is CCc1nc(C)c([C@@H](C)N[C@H]2CCN(CC(F)(F)F)C2)s1. The molecule has 1 aliphatic heterocycles. The predicted molar refractivity (Wildman–Crippen MR) is 78.7 cm³/mol. The second kappa shape index (κ2) is 6.62. The van der Waals surface area contributed by atoms with Gasteiger partial charge in [-0.2, -0.15) is 13.2 Å². The van der Waals surface area contributed by atoms with Gasteiger partial charge in [-0.15, -0.1) is 11.3 Å². The summed E-state index contributed by atoms with van der Waals surface area (Å²) in [5.41, 5.74) is 1.03. The van der Waals surface area contributed by atoms with Gasteiger partial charge in [-0.3, -0.25) is 4.90 Å². The summed E-state index contributed by atoms with van der Waals surface area (Å²) < 4.78 is 37.2. The number of hydrogen-bond acceptors (Lipinski definition) is 4. The van der Waals surface area contributed by atoms with Gasteiger partial charge in [0, 0.05) is 30.1 Å². The first kappa shape index (κ1) is 16.7. The summed E-state index contributed by atoms with van der Waals surface area (Å²) in [5.74, 6) is 0. The van der Waals surface area contributed by atoms with Crippen molar-refractivity contribution in [2.45, 2.75) is 51.9 Å². The summed E-state index contributed by atoms with van der Waals surface area (Å²) in [7, 11) is 0. The lowest BCUT2D eigenvalue weighted by Crippen LogP contribution is -2.37. The van der Waals surface area contributed by atoms with E-state index < -0.39 is 12.7 Å². The first-order valence-electron chi connectivity index (χ1n) is 7.30. The van der Waals surface area contributed by atoms with Crippen molar-refractivity contribution in [1.82, 2.24) is 15.2 Å². The van der Waals surface area contributed by atoms with Crippen LogP contribution in [0.15, 0.2) is 0 Å². The van der Waals surface area contributed by atoms with Crippen LogP contribution in [0.4, 0.5) is 13.2 Å². The minimum atomic E-state index is -4.11. The molecular weight excluding hydrogens is 299 g/mol. The van der Waals surface area contributed by atoms with Gasteiger partial charge in [0.1, 0.15) is 0 Å². The molecule has 0 radical (unpaired) electrons. The molecule has 1 saturated heterocycles. The molecule has 0 unspecified atom stereocenters. The molecule has 2 atom stereocenters. The Bertz CT molecular complexity index is 473. The number of halogens is 3. The third-order valence-corrected chi connectivity index (χ3v) is 5.22. The zero-order valence-electron chi connectivity index (χ0n) is 12.6. The number of thiazole rings is 1. The van der Waals surface area contributed by atoms with Gasteiger partial charge in [0.25, 0.3) is 0 Å². The molecule has 1 aromatic rings. The molecule has 0 spiro atoms. The van der Waals surface area contributed by atoms with Crippen molar-refractivity contribution in [2.75, 3.05) is 19.6 Å². The van der Waals surface area contributed by atoms with Gasteiger partial charge < -0.3 is 5.32 Å². The third-order valence-electron chi connectivity index (χ3n) is 3.73. The van der Waals surface area contributed by atoms with Crippen LogP contribution < -0.4 is 5.32 Å². The molecular formula is C14H22F3N3S. The highest BCUT2D eigenvalue weighted by Gasteiger charge is 2.34. The first-order chi connectivity index (χ1) is 9.78. The lowest BCUT2D eigenvalue weighted by Gasteiger charge is -2.21. The lowest BCUT2D eigenvalue weighted by atomic mass is 10.2. The zero-order valence-corrected chi connectivity index (χ0v) is 13.4. The first-order valence-corrected chi connectivity index (χ1v) is 8.11. The van der Waals surface area contributed by atoms with E-state index in [0.29, 0.717) is 13.1 Å². The highest BCUT2D eigenvalue weighted by molar-refractivity contribution is 7.11. The Morgan fingerprint density at radius 2 is 2.19 bits per heavy atom. The number of alkyl halides is 3. The molecule has 1 fully saturated rings. The summed E-state index contributed by atoms with van der Waals surface area (Å²) in [6.07, 6.45) is -2.43. The quantitative estimate of drug-likeness (QED) is 0.902. The van der Waals surface area contributed by atoms with Gasteiger partial charge in [-0.05, 0) is 26.7 Å². The van der Waals surface area contributed by atoms with Crippen molar-refractivity contribution in [3.63, 3.8) is 0 Å². The Balaban J connectivity index is 1.89. The van der Waals surface area contributed by atoms with E-state index in [0.717, 1.165) is 23.5 Å². The predicted octanol–water partition coefficient (Wildman–Crippen LogP) is 3.30. The van der Waals surface area contributed by atoms with Gasteiger partial charge >= 0.3 is 6.18 Å². The van der Waals surface area contributed by atoms with Crippen molar-refractivity contribution in [2.24, 2.45) is 0 Å². The van der Waals surface area contributed by atoms with Crippen LogP contribution in [0.5, 0.6) is 0 Å². The van der Waals surface area contributed by atoms with E-state index in [1.807, 2.05) is 6.92 Å². The Morgan fingerprint density at radius 1 is 1.48 bits per heavy atom. The minimum Gasteiger partial charge on any atom is -0.305 e. The second-order valence-electron chi connectivity index (χ2n) is 5.64. The van der Waals surface area contributed by atoms with Crippen LogP contribution >= 0.6 is 11.3 Å². The summed E-state index contributed by atoms with van der Waals surface area (Å²) in [6, 6.07) is 0.257. The van der Waals surface area contributed by atoms with Crippen molar-refractivity contribution < 1.29 is 13.2 Å². The molecule has 7 heteroatoms. The Morgan fingerprint density at radius 3 is 2.76 bits per heavy atom. The van der Waals surface area contributed by atoms with Crippen LogP contribution in [0.3, 0.4) is 0 Å². The highest BCUT2D eigenvalue weighted by atomic mass is 32.1. The Hall–Kier alpha value is -0.660. The summed E-state index contributed by atoms with van der Waals surface area (Å²) >= 11 is 1.69. The minimum absolute atomic E-state index is 0.119. The van der Waals surface area contributed by atoms with E-state index in [2.05, 4.69) is 24.1 Å². The fraction of sp³-hybridized carbons (Fsp3) is 0.786. The van der Waals surface area contributed by atoms with Gasteiger partial charge in [0.05, 0.1) is 17.2 Å². The van der Waals surface area contributed by atoms with Crippen LogP contribution in [0.2, 0.25) is 0 Å². The van der Waals surface area contributed by atoms with Crippen LogP contribution in [0.1, 0.15) is 41.9 Å². The molecule has 120 valence electrons. The number of rotatable bonds is 5. The normalized spacial score (nSPS) is 21.9. The van der Waals surface area contributed by atoms with Gasteiger partial charge in [0.15, 0.2) is 0 Å². The maximum atomic E-state index is 12.4. The molecule has 1 aliphatic rings. The van der Waals surface area contributed by atoms with E-state index in [-0.39, 0.29) is 12.1 Å². The van der Waals surface area contributed by atoms with Gasteiger partial charge in [0.2, 0.25) is 0 Å². The Kier molecular flexibility index (Phi) is 5.27. The summed E-state index contributed by atoms with van der Waals surface area (Å²) in [4.78, 5) is 7.18. The molecule has 2 rings (SSSR count). The van der Waals surface area contributed by atoms with Gasteiger partial charge in [-0.1, -0.05) is 6.92 Å². The monoisotopic (exact) mass is 321 g/mol. The van der Waals surface area contributed by atoms with Crippen molar-refractivity contribution >= 4 is 11.3 Å². The molecule has 0 aliphatic carbocycles. The van der Waals surface area contributed by atoms with Crippen LogP contribution in [0, 0.1) is 6.92 Å². The smallest absolute Gasteiger partial charge is 0.305 e. The Labute approximate surface area is 127 Å². The molecule has 0 amide bonds. The van der Waals surface area contributed by atoms with Crippen molar-refractivity contribution in [3.8, 4) is 0 Å². The largest absolute Gasteiger partial charge is 0.401 e. The molecule has 21 heavy (non-hydrogen) atoms. The van der Waals surface area contributed by atoms with Gasteiger partial charge in [-0.25, -0.2) is 4.98 Å². The maximum absolute atomic E-state index is 12.4. The highest BCUT2D eigenvalue weighted by Crippen LogP contribution is 2.27. The van der Waals surface area contributed by atoms with E-state index in [1.165, 1.54) is 9.78 Å². The van der Waals surface area contributed by atoms with Crippen LogP contribution in [-0.4, -0.2) is 41.7 Å². The van der Waals surface area contributed by atoms with E-state index in [9.17, 15) is 13.2 Å². The maximum Gasteiger partial charge on any atom is 0.401 e. The zero-order chi connectivity index (χ0) is 15.6. The number of nitrogens with zero attached hydrogens (tertiary/aromatic N) is 2. The molecule has 0 saturated carbocycles. The average molecular weight is 321 g/mol. The van der Waals surface area contributed by atoms with Crippen LogP contribution in [0.25, 0.3) is 0 Å². The molecule has 3 nitrogen and oxygen atoms in total. The summed E-state index contributed by atoms with van der Waals surface area (Å²) in [6.45, 7) is 6.29. The van der Waals surface area contributed by atoms with E-state index in [1.54, 1.807) is 11.3 Å². The number of hydrogen-bond donors (Lipinski definition) is 1. The molecule has 2 heterocycles. The van der Waals surface area contributed by atoms with Crippen LogP contribution in [-0.2, 0) is 6.42 Å². The number of aromatic nitrogens is 1. The van der Waals surface area contributed by atoms with Crippen molar-refractivity contribution in [1.29, 1.82) is 0 Å². The fourth-order valence-corrected chi connectivity index (χ4v) is 3.83. The standard InChI is InChI=1S/C14H22F3N3S/c1-4-12-19-10(3)13(21-12)9(2)18-11-5-6-20(7-11)8-14(15,16)17/h9,11,18H,4-8H2,1-3H3/t9-,11+/m1/s1. The van der Waals surface area contributed by atoms with E-state index in [4.69, 9.17) is 0 Å². The van der Waals surface area contributed by atoms with E-state index >= 15 is 0 Å². The number of aryl methyl sites for hydroxylation is 2. The van der Waals surface area contributed by atoms with Crippen molar-refractivity contribution in [3.05, 3.63) is 15.6 Å². The molecule has 0 aromatic carbocycles. The fourth-order valence-electron chi connectivity index (χ4n) is 2.81. The third kappa shape index (κ3) is 4.66. The average Bonchev–Trinajstić information content (AvgIpc) is 2.94. The number of likely N-dealkylation sites (tertiary alicyclic amines) is 1. The molecule has 0 bridgehead atoms. The number of nitrogens with one attached hydrogen (secondary N) is 1. The molecule has 1 aromatic heterocycles. The second-order valence-corrected chi connectivity index (χ2v) is 6.75. The lowest BCUT2D eigenvalue weighted by molar-refractivity contribution is -0.143. The molecule has 1 N–H and O–H groups in total. The summed E-state index contributed by atoms with van der Waals surface area (Å²) in [5, 5.41) is 4.56. The topological polar surface area (TPSA) is 28.2 Å².